The van der Waals surface area contributed by atoms with Gasteiger partial charge in [0.25, 0.3) is 0 Å². The Hall–Kier alpha value is -0.460. The zero-order valence-electron chi connectivity index (χ0n) is 5.71. The van der Waals surface area contributed by atoms with Crippen molar-refractivity contribution < 1.29 is 31.4 Å². The number of hydrogen-bond acceptors (Lipinski definition) is 1. The van der Waals surface area contributed by atoms with Crippen molar-refractivity contribution in [3.8, 4) is 0 Å². The van der Waals surface area contributed by atoms with Crippen LogP contribution in [-0.2, 0) is 0 Å². The Morgan fingerprint density at radius 1 is 1.08 bits per heavy atom. The van der Waals surface area contributed by atoms with Crippen molar-refractivity contribution in [2.75, 3.05) is 0 Å². The van der Waals surface area contributed by atoms with E-state index in [0.29, 0.717) is 0 Å². The highest BCUT2D eigenvalue weighted by Gasteiger charge is 2.40. The summed E-state index contributed by atoms with van der Waals surface area (Å²) < 4.78 is 68.9. The van der Waals surface area contributed by atoms with Crippen LogP contribution in [0.15, 0.2) is 0 Å². The van der Waals surface area contributed by atoms with Crippen molar-refractivity contribution in [2.24, 2.45) is 0 Å². The van der Waals surface area contributed by atoms with Gasteiger partial charge in [-0.1, -0.05) is 0 Å². The summed E-state index contributed by atoms with van der Waals surface area (Å²) >= 11 is 0. The molecule has 0 aromatic carbocycles. The summed E-state index contributed by atoms with van der Waals surface area (Å²) in [4.78, 5) is 0. The molecule has 0 radical (unpaired) electrons. The Morgan fingerprint density at radius 2 is 1.50 bits per heavy atom. The molecule has 0 heterocycles. The Balaban J connectivity index is 3.80. The van der Waals surface area contributed by atoms with Crippen LogP contribution in [0.3, 0.4) is 0 Å². The summed E-state index contributed by atoms with van der Waals surface area (Å²) in [5, 5.41) is 7.61. The molecule has 1 nitrogen and oxygen atoms in total. The van der Waals surface area contributed by atoms with Crippen LogP contribution >= 0.6 is 0 Å². The van der Waals surface area contributed by atoms with Gasteiger partial charge >= 0.3 is 12.3 Å². The summed E-state index contributed by atoms with van der Waals surface area (Å²) in [7, 11) is 0. The minimum atomic E-state index is -4.69. The van der Waals surface area contributed by atoms with Gasteiger partial charge in [0.2, 0.25) is 0 Å². The third-order valence-electron chi connectivity index (χ3n) is 1.06. The van der Waals surface area contributed by atoms with Crippen molar-refractivity contribution in [2.45, 2.75) is 31.3 Å². The molecule has 0 saturated heterocycles. The Kier molecular flexibility index (Phi) is 3.37. The highest BCUT2D eigenvalue weighted by Crippen LogP contribution is 2.28. The molecule has 74 valence electrons. The zero-order chi connectivity index (χ0) is 9.99. The summed E-state index contributed by atoms with van der Waals surface area (Å²) in [6, 6.07) is 0. The van der Waals surface area contributed by atoms with Crippen LogP contribution in [0.2, 0.25) is 0 Å². The molecule has 0 saturated carbocycles. The van der Waals surface area contributed by atoms with Crippen LogP contribution < -0.4 is 0 Å². The normalized spacial score (nSPS) is 16.2. The summed E-state index contributed by atoms with van der Waals surface area (Å²) in [6.07, 6.45) is -15.7. The molecule has 0 aromatic heterocycles. The van der Waals surface area contributed by atoms with Gasteiger partial charge in [0.1, 0.15) is 0 Å². The number of rotatable bonds is 3. The summed E-state index contributed by atoms with van der Waals surface area (Å²) in [5.74, 6) is 0. The second-order valence-electron chi connectivity index (χ2n) is 2.21. The molecule has 0 aromatic rings. The maximum Gasteiger partial charge on any atom is 0.389 e. The van der Waals surface area contributed by atoms with Gasteiger partial charge in [-0.05, 0) is 6.42 Å². The summed E-state index contributed by atoms with van der Waals surface area (Å²) in [5.41, 5.74) is 0. The third-order valence-corrected chi connectivity index (χ3v) is 1.06. The first-order valence-corrected chi connectivity index (χ1v) is 2.94. The quantitative estimate of drug-likeness (QED) is 0.686. The molecule has 12 heavy (non-hydrogen) atoms. The molecule has 7 heteroatoms. The lowest BCUT2D eigenvalue weighted by molar-refractivity contribution is -0.246. The van der Waals surface area contributed by atoms with E-state index >= 15 is 0 Å². The van der Waals surface area contributed by atoms with E-state index in [-0.39, 0.29) is 0 Å². The van der Waals surface area contributed by atoms with Crippen LogP contribution in [-0.4, -0.2) is 23.6 Å². The lowest BCUT2D eigenvalue weighted by Gasteiger charge is -2.14. The van der Waals surface area contributed by atoms with E-state index in [1.165, 1.54) is 0 Å². The average molecular weight is 196 g/mol. The first kappa shape index (κ1) is 11.5. The van der Waals surface area contributed by atoms with Gasteiger partial charge in [-0.15, -0.1) is 0 Å². The van der Waals surface area contributed by atoms with E-state index < -0.39 is 31.3 Å². The van der Waals surface area contributed by atoms with Gasteiger partial charge in [0.05, 0.1) is 0 Å². The van der Waals surface area contributed by atoms with Crippen molar-refractivity contribution in [1.82, 2.24) is 0 Å². The summed E-state index contributed by atoms with van der Waals surface area (Å²) in [6.45, 7) is 0. The molecule has 0 bridgehead atoms. The van der Waals surface area contributed by atoms with E-state index in [9.17, 15) is 26.3 Å². The molecule has 0 aliphatic rings. The van der Waals surface area contributed by atoms with Gasteiger partial charge in [0, 0.05) is 6.42 Å². The number of alkyl halides is 6. The smallest absolute Gasteiger partial charge is 0.334 e. The molecule has 0 aliphatic heterocycles. The minimum absolute atomic E-state index is 1.44. The van der Waals surface area contributed by atoms with Gasteiger partial charge in [-0.3, -0.25) is 0 Å². The standard InChI is InChI=1S/C5H6F6O/c6-3(5(10,11)12)1-2-4(7,8)9/h3,12H,1-2H2. The van der Waals surface area contributed by atoms with E-state index in [2.05, 4.69) is 0 Å². The minimum Gasteiger partial charge on any atom is -0.334 e. The van der Waals surface area contributed by atoms with Crippen molar-refractivity contribution in [1.29, 1.82) is 0 Å². The molecular weight excluding hydrogens is 190 g/mol. The fraction of sp³-hybridized carbons (Fsp3) is 1.00. The maximum absolute atomic E-state index is 11.9. The van der Waals surface area contributed by atoms with E-state index in [0.717, 1.165) is 0 Å². The topological polar surface area (TPSA) is 20.2 Å². The monoisotopic (exact) mass is 196 g/mol. The molecule has 0 fully saturated rings. The third kappa shape index (κ3) is 5.22. The zero-order valence-corrected chi connectivity index (χ0v) is 5.71. The molecule has 1 N–H and O–H groups in total. The van der Waals surface area contributed by atoms with E-state index in [4.69, 9.17) is 5.11 Å². The van der Waals surface area contributed by atoms with Crippen molar-refractivity contribution in [3.05, 3.63) is 0 Å². The second kappa shape index (κ2) is 3.51. The highest BCUT2D eigenvalue weighted by atomic mass is 19.4. The second-order valence-corrected chi connectivity index (χ2v) is 2.21. The largest absolute Gasteiger partial charge is 0.389 e. The SMILES string of the molecule is OC(F)(F)C(F)CCC(F)(F)F. The fourth-order valence-electron chi connectivity index (χ4n) is 0.464. The first-order valence-electron chi connectivity index (χ1n) is 2.94. The van der Waals surface area contributed by atoms with E-state index in [1.54, 1.807) is 0 Å². The van der Waals surface area contributed by atoms with Gasteiger partial charge in [-0.25, -0.2) is 4.39 Å². The Bertz CT molecular complexity index is 136. The number of hydrogen-bond donors (Lipinski definition) is 1. The van der Waals surface area contributed by atoms with Gasteiger partial charge in [-0.2, -0.15) is 22.0 Å². The van der Waals surface area contributed by atoms with Crippen LogP contribution in [0.1, 0.15) is 12.8 Å². The molecule has 0 rings (SSSR count). The molecule has 0 aliphatic carbocycles. The predicted octanol–water partition coefficient (Wildman–Crippen LogP) is 2.25. The van der Waals surface area contributed by atoms with Gasteiger partial charge in [0.15, 0.2) is 6.17 Å². The van der Waals surface area contributed by atoms with Crippen LogP contribution in [0.4, 0.5) is 26.3 Å². The highest BCUT2D eigenvalue weighted by molar-refractivity contribution is 4.67. The Morgan fingerprint density at radius 3 is 1.75 bits per heavy atom. The molecule has 1 unspecified atom stereocenters. The van der Waals surface area contributed by atoms with Gasteiger partial charge < -0.3 is 5.11 Å². The maximum atomic E-state index is 11.9. The van der Waals surface area contributed by atoms with Crippen molar-refractivity contribution >= 4 is 0 Å². The number of aliphatic hydroxyl groups is 1. The van der Waals surface area contributed by atoms with Crippen LogP contribution in [0, 0.1) is 0 Å². The van der Waals surface area contributed by atoms with Crippen LogP contribution in [0.25, 0.3) is 0 Å². The van der Waals surface area contributed by atoms with Crippen molar-refractivity contribution in [3.63, 3.8) is 0 Å². The van der Waals surface area contributed by atoms with E-state index in [1.807, 2.05) is 0 Å². The average Bonchev–Trinajstić information content (AvgIpc) is 1.78. The predicted molar refractivity (Wildman–Crippen MR) is 27.4 cm³/mol. The number of halogens is 6. The Labute approximate surface area is 64.0 Å². The molecular formula is C5H6F6O. The van der Waals surface area contributed by atoms with Crippen LogP contribution in [0.5, 0.6) is 0 Å². The molecule has 1 atom stereocenters. The lowest BCUT2D eigenvalue weighted by Crippen LogP contribution is -2.30. The molecule has 0 spiro atoms. The molecule has 0 amide bonds. The fourth-order valence-corrected chi connectivity index (χ4v) is 0.464. The lowest BCUT2D eigenvalue weighted by atomic mass is 10.2. The first-order chi connectivity index (χ1) is 5.13.